The minimum Gasteiger partial charge on any atom is -0.480 e. The Kier molecular flexibility index (Phi) is 4.84. The first-order valence-electron chi connectivity index (χ1n) is 4.55. The van der Waals surface area contributed by atoms with Crippen molar-refractivity contribution < 1.29 is 14.6 Å². The molecule has 5 heteroatoms. The van der Waals surface area contributed by atoms with Crippen molar-refractivity contribution in [3.63, 3.8) is 0 Å². The van der Waals surface area contributed by atoms with Crippen LogP contribution in [0.1, 0.15) is 26.2 Å². The number of carbonyl (C=O) groups is 1. The van der Waals surface area contributed by atoms with Crippen molar-refractivity contribution in [3.05, 3.63) is 0 Å². The summed E-state index contributed by atoms with van der Waals surface area (Å²) in [7, 11) is 1.65. The average molecular weight is 224 g/mol. The lowest BCUT2D eigenvalue weighted by atomic mass is 9.73. The molecule has 1 fully saturated rings. The van der Waals surface area contributed by atoms with Gasteiger partial charge < -0.3 is 15.6 Å². The molecule has 0 aliphatic heterocycles. The quantitative estimate of drug-likeness (QED) is 0.734. The third kappa shape index (κ3) is 2.38. The third-order valence-electron chi connectivity index (χ3n) is 3.11. The van der Waals surface area contributed by atoms with Gasteiger partial charge in [0.15, 0.2) is 0 Å². The van der Waals surface area contributed by atoms with E-state index in [9.17, 15) is 4.79 Å². The molecule has 0 saturated heterocycles. The van der Waals surface area contributed by atoms with Crippen molar-refractivity contribution in [2.75, 3.05) is 7.11 Å². The van der Waals surface area contributed by atoms with Crippen molar-refractivity contribution >= 4 is 18.4 Å². The Bertz CT molecular complexity index is 212. The number of carboxylic acids is 1. The van der Waals surface area contributed by atoms with Crippen molar-refractivity contribution in [1.29, 1.82) is 0 Å². The third-order valence-corrected chi connectivity index (χ3v) is 3.11. The maximum atomic E-state index is 10.9. The fourth-order valence-electron chi connectivity index (χ4n) is 1.90. The Balaban J connectivity index is 0.00000169. The molecule has 0 amide bonds. The molecule has 0 radical (unpaired) electrons. The Labute approximate surface area is 90.2 Å². The zero-order valence-electron chi connectivity index (χ0n) is 8.53. The predicted octanol–water partition coefficient (Wildman–Crippen LogP) is 1.03. The van der Waals surface area contributed by atoms with Gasteiger partial charge in [0.2, 0.25) is 0 Å². The molecule has 3 unspecified atom stereocenters. The number of hydrogen-bond donors (Lipinski definition) is 2. The lowest BCUT2D eigenvalue weighted by Gasteiger charge is -2.38. The number of carboxylic acid groups (broad SMARTS) is 1. The van der Waals surface area contributed by atoms with Crippen LogP contribution in [0.4, 0.5) is 0 Å². The summed E-state index contributed by atoms with van der Waals surface area (Å²) in [6, 6.07) is 0. The molecule has 4 nitrogen and oxygen atoms in total. The Morgan fingerprint density at radius 1 is 1.64 bits per heavy atom. The molecule has 14 heavy (non-hydrogen) atoms. The zero-order valence-corrected chi connectivity index (χ0v) is 9.34. The van der Waals surface area contributed by atoms with Crippen LogP contribution in [0.2, 0.25) is 0 Å². The topological polar surface area (TPSA) is 72.5 Å². The van der Waals surface area contributed by atoms with Gasteiger partial charge in [-0.1, -0.05) is 6.92 Å². The molecule has 1 aliphatic rings. The molecule has 0 aromatic rings. The summed E-state index contributed by atoms with van der Waals surface area (Å²) in [6.45, 7) is 1.87. The molecule has 1 saturated carbocycles. The van der Waals surface area contributed by atoms with E-state index in [-0.39, 0.29) is 24.4 Å². The highest BCUT2D eigenvalue weighted by atomic mass is 35.5. The summed E-state index contributed by atoms with van der Waals surface area (Å²) in [6.07, 6.45) is 2.15. The Morgan fingerprint density at radius 3 is 2.57 bits per heavy atom. The second-order valence-electron chi connectivity index (χ2n) is 3.88. The van der Waals surface area contributed by atoms with Gasteiger partial charge in [-0.3, -0.25) is 4.79 Å². The fraction of sp³-hybridized carbons (Fsp3) is 0.889. The number of methoxy groups -OCH3 is 1. The molecule has 1 rings (SSSR count). The lowest BCUT2D eigenvalue weighted by Crippen LogP contribution is -2.56. The molecule has 84 valence electrons. The largest absolute Gasteiger partial charge is 0.480 e. The Morgan fingerprint density at radius 2 is 2.21 bits per heavy atom. The van der Waals surface area contributed by atoms with Gasteiger partial charge in [-0.2, -0.15) is 0 Å². The van der Waals surface area contributed by atoms with Crippen LogP contribution in [-0.2, 0) is 9.53 Å². The first-order chi connectivity index (χ1) is 6.00. The number of nitrogens with two attached hydrogens (primary N) is 1. The summed E-state index contributed by atoms with van der Waals surface area (Å²) in [4.78, 5) is 10.9. The molecule has 0 heterocycles. The lowest BCUT2D eigenvalue weighted by molar-refractivity contribution is -0.148. The maximum absolute atomic E-state index is 10.9. The van der Waals surface area contributed by atoms with Crippen molar-refractivity contribution in [1.82, 2.24) is 0 Å². The van der Waals surface area contributed by atoms with Crippen LogP contribution in [0, 0.1) is 5.92 Å². The van der Waals surface area contributed by atoms with Crippen LogP contribution in [0.15, 0.2) is 0 Å². The number of halogens is 1. The SMILES string of the molecule is COC1CCC(N)(C(=O)O)C(C)C1.Cl. The highest BCUT2D eigenvalue weighted by molar-refractivity contribution is 5.85. The van der Waals surface area contributed by atoms with E-state index < -0.39 is 11.5 Å². The fourth-order valence-corrected chi connectivity index (χ4v) is 1.90. The molecule has 0 aromatic heterocycles. The molecule has 3 atom stereocenters. The normalized spacial score (nSPS) is 37.4. The molecule has 0 spiro atoms. The van der Waals surface area contributed by atoms with Crippen LogP contribution in [0.25, 0.3) is 0 Å². The van der Waals surface area contributed by atoms with Gasteiger partial charge in [-0.05, 0) is 25.2 Å². The number of hydrogen-bond acceptors (Lipinski definition) is 3. The first kappa shape index (κ1) is 13.7. The zero-order chi connectivity index (χ0) is 10.1. The summed E-state index contributed by atoms with van der Waals surface area (Å²) in [5.74, 6) is -0.918. The van der Waals surface area contributed by atoms with Crippen LogP contribution < -0.4 is 5.73 Å². The van der Waals surface area contributed by atoms with Gasteiger partial charge in [0.25, 0.3) is 0 Å². The monoisotopic (exact) mass is 223 g/mol. The van der Waals surface area contributed by atoms with Crippen LogP contribution >= 0.6 is 12.4 Å². The smallest absolute Gasteiger partial charge is 0.323 e. The highest BCUT2D eigenvalue weighted by Gasteiger charge is 2.44. The van der Waals surface area contributed by atoms with Gasteiger partial charge in [-0.15, -0.1) is 12.4 Å². The average Bonchev–Trinajstić information content (AvgIpc) is 2.09. The molecule has 1 aliphatic carbocycles. The number of ether oxygens (including phenoxy) is 1. The predicted molar refractivity (Wildman–Crippen MR) is 55.6 cm³/mol. The van der Waals surface area contributed by atoms with E-state index in [0.29, 0.717) is 6.42 Å². The highest BCUT2D eigenvalue weighted by Crippen LogP contribution is 2.33. The first-order valence-corrected chi connectivity index (χ1v) is 4.55. The van der Waals surface area contributed by atoms with E-state index in [0.717, 1.165) is 12.8 Å². The van der Waals surface area contributed by atoms with E-state index >= 15 is 0 Å². The molecule has 3 N–H and O–H groups in total. The van der Waals surface area contributed by atoms with E-state index in [4.69, 9.17) is 15.6 Å². The summed E-state index contributed by atoms with van der Waals surface area (Å²) < 4.78 is 5.19. The van der Waals surface area contributed by atoms with Crippen LogP contribution in [0.3, 0.4) is 0 Å². The summed E-state index contributed by atoms with van der Waals surface area (Å²) in [5.41, 5.74) is 4.76. The van der Waals surface area contributed by atoms with Crippen molar-refractivity contribution in [3.8, 4) is 0 Å². The summed E-state index contributed by atoms with van der Waals surface area (Å²) in [5, 5.41) is 8.96. The van der Waals surface area contributed by atoms with E-state index in [1.807, 2.05) is 6.92 Å². The van der Waals surface area contributed by atoms with Gasteiger partial charge >= 0.3 is 5.97 Å². The van der Waals surface area contributed by atoms with Gasteiger partial charge in [-0.25, -0.2) is 0 Å². The minimum absolute atomic E-state index is 0. The molecular formula is C9H18ClNO3. The van der Waals surface area contributed by atoms with Gasteiger partial charge in [0.1, 0.15) is 5.54 Å². The maximum Gasteiger partial charge on any atom is 0.323 e. The molecule has 0 aromatic carbocycles. The van der Waals surface area contributed by atoms with Crippen molar-refractivity contribution in [2.45, 2.75) is 37.8 Å². The van der Waals surface area contributed by atoms with E-state index in [1.165, 1.54) is 0 Å². The van der Waals surface area contributed by atoms with Gasteiger partial charge in [0, 0.05) is 7.11 Å². The van der Waals surface area contributed by atoms with E-state index in [1.54, 1.807) is 7.11 Å². The number of aliphatic carboxylic acids is 1. The van der Waals surface area contributed by atoms with Crippen LogP contribution in [0.5, 0.6) is 0 Å². The van der Waals surface area contributed by atoms with E-state index in [2.05, 4.69) is 0 Å². The molecule has 0 bridgehead atoms. The standard InChI is InChI=1S/C9H17NO3.ClH/c1-6-5-7(13-2)3-4-9(6,10)8(11)12;/h6-7H,3-5,10H2,1-2H3,(H,11,12);1H. The second-order valence-corrected chi connectivity index (χ2v) is 3.88. The van der Waals surface area contributed by atoms with Crippen LogP contribution in [-0.4, -0.2) is 29.8 Å². The van der Waals surface area contributed by atoms with Crippen molar-refractivity contribution in [2.24, 2.45) is 11.7 Å². The van der Waals surface area contributed by atoms with Gasteiger partial charge in [0.05, 0.1) is 6.10 Å². The summed E-state index contributed by atoms with van der Waals surface area (Å²) >= 11 is 0. The Hall–Kier alpha value is -0.320. The molecular weight excluding hydrogens is 206 g/mol. The second kappa shape index (κ2) is 4.96. The number of rotatable bonds is 2. The minimum atomic E-state index is -1.05.